The lowest BCUT2D eigenvalue weighted by atomic mass is 9.97. The normalized spacial score (nSPS) is 31.6. The minimum Gasteiger partial charge on any atom is -0.396 e. The molecule has 0 saturated carbocycles. The van der Waals surface area contributed by atoms with Gasteiger partial charge in [0.05, 0.1) is 13.2 Å². The minimum atomic E-state index is -5.10. The van der Waals surface area contributed by atoms with Gasteiger partial charge in [-0.05, 0) is 12.8 Å². The van der Waals surface area contributed by atoms with E-state index in [9.17, 15) is 49.0 Å². The van der Waals surface area contributed by atoms with Crippen LogP contribution in [0.5, 0.6) is 0 Å². The number of hydrogen-bond acceptors (Lipinski definition) is 19. The topological polar surface area (TPSA) is 313 Å². The molecule has 0 aromatic carbocycles. The summed E-state index contributed by atoms with van der Waals surface area (Å²) in [6.45, 7) is -1.34. The van der Waals surface area contributed by atoms with E-state index in [1.54, 1.807) is 0 Å². The standard InChI is InChI=1S/C24H41N3O19P2/c1-39-47(37,42-12-14-19(33)21(35)22(43-14)27-7-6-16(31)26-24(27)36)46-48(38,40-2)45-23-17(20(34)18(32)13(11-29)44-23)25-15(30)5-3-9-41-10-4-8-28/h6-7,13-14,17-23,28-29,32-35H,3-5,8-12H2,1-2H3,(H,25,30)(H,26,31,36)/t13?,14?,17?,18-,19?,20-,21?,22?,23-,47?,48?/m1/s1. The molecule has 1 amide bonds. The molecule has 0 bridgehead atoms. The molecule has 1 aromatic heterocycles. The maximum absolute atomic E-state index is 13.5. The quantitative estimate of drug-likeness (QED) is 0.0512. The fourth-order valence-corrected chi connectivity index (χ4v) is 7.34. The van der Waals surface area contributed by atoms with Crippen LogP contribution in [0.25, 0.3) is 0 Å². The predicted octanol–water partition coefficient (Wildman–Crippen LogP) is -3.18. The fourth-order valence-electron chi connectivity index (χ4n) is 4.53. The van der Waals surface area contributed by atoms with Gasteiger partial charge in [0, 0.05) is 52.7 Å². The van der Waals surface area contributed by atoms with Crippen molar-refractivity contribution in [1.82, 2.24) is 14.9 Å². The number of ether oxygens (including phenoxy) is 3. The molecule has 3 rings (SSSR count). The number of nitrogens with one attached hydrogen (secondary N) is 2. The lowest BCUT2D eigenvalue weighted by Crippen LogP contribution is -2.64. The molecule has 0 aliphatic carbocycles. The third-order valence-electron chi connectivity index (χ3n) is 7.09. The number of amides is 1. The van der Waals surface area contributed by atoms with E-state index < -0.39 is 101 Å². The molecule has 1 aromatic rings. The first-order valence-electron chi connectivity index (χ1n) is 14.5. The number of carbonyl (C=O) groups is 1. The highest BCUT2D eigenvalue weighted by molar-refractivity contribution is 7.62. The molecule has 2 aliphatic heterocycles. The van der Waals surface area contributed by atoms with E-state index in [1.165, 1.54) is 0 Å². The maximum Gasteiger partial charge on any atom is 0.485 e. The van der Waals surface area contributed by atoms with Crippen molar-refractivity contribution in [2.75, 3.05) is 47.3 Å². The smallest absolute Gasteiger partial charge is 0.396 e. The first kappa shape index (κ1) is 40.5. The minimum absolute atomic E-state index is 0.0643. The van der Waals surface area contributed by atoms with Gasteiger partial charge in [0.25, 0.3) is 5.56 Å². The van der Waals surface area contributed by atoms with Gasteiger partial charge >= 0.3 is 21.3 Å². The third-order valence-corrected chi connectivity index (χ3v) is 10.5. The zero-order valence-corrected chi connectivity index (χ0v) is 27.6. The van der Waals surface area contributed by atoms with Crippen LogP contribution in [0.15, 0.2) is 21.9 Å². The number of phosphoric ester groups is 2. The molecule has 48 heavy (non-hydrogen) atoms. The molecular weight excluding hydrogens is 696 g/mol. The second kappa shape index (κ2) is 18.3. The molecule has 276 valence electrons. The summed E-state index contributed by atoms with van der Waals surface area (Å²) in [5.74, 6) is -0.685. The van der Waals surface area contributed by atoms with Crippen molar-refractivity contribution in [3.8, 4) is 0 Å². The fraction of sp³-hybridized carbons (Fsp3) is 0.792. The number of aliphatic hydroxyl groups excluding tert-OH is 6. The first-order chi connectivity index (χ1) is 22.7. The molecule has 8 unspecified atom stereocenters. The van der Waals surface area contributed by atoms with Crippen LogP contribution in [0, 0.1) is 0 Å². The Morgan fingerprint density at radius 3 is 2.25 bits per heavy atom. The largest absolute Gasteiger partial charge is 0.485 e. The number of aliphatic hydroxyl groups is 6. The van der Waals surface area contributed by atoms with Crippen molar-refractivity contribution in [1.29, 1.82) is 0 Å². The Kier molecular flexibility index (Phi) is 15.5. The van der Waals surface area contributed by atoms with Gasteiger partial charge < -0.3 is 50.2 Å². The number of carbonyl (C=O) groups excluding carboxylic acids is 1. The molecule has 2 aliphatic rings. The number of rotatable bonds is 19. The molecule has 2 fully saturated rings. The number of aromatic nitrogens is 2. The summed E-state index contributed by atoms with van der Waals surface area (Å²) < 4.78 is 68.7. The Balaban J connectivity index is 1.69. The zero-order valence-electron chi connectivity index (χ0n) is 25.8. The predicted molar refractivity (Wildman–Crippen MR) is 156 cm³/mol. The monoisotopic (exact) mass is 737 g/mol. The van der Waals surface area contributed by atoms with Crippen molar-refractivity contribution in [2.24, 2.45) is 0 Å². The lowest BCUT2D eigenvalue weighted by molar-refractivity contribution is -0.248. The Morgan fingerprint density at radius 1 is 0.958 bits per heavy atom. The van der Waals surface area contributed by atoms with Crippen molar-refractivity contribution < 1.29 is 81.2 Å². The van der Waals surface area contributed by atoms with E-state index >= 15 is 0 Å². The van der Waals surface area contributed by atoms with Crippen LogP contribution in [0.1, 0.15) is 25.5 Å². The van der Waals surface area contributed by atoms with Crippen molar-refractivity contribution >= 4 is 21.6 Å². The number of nitrogens with zero attached hydrogens (tertiary/aromatic N) is 1. The van der Waals surface area contributed by atoms with Gasteiger partial charge in [-0.1, -0.05) is 0 Å². The van der Waals surface area contributed by atoms with Gasteiger partial charge in [0.1, 0.15) is 42.7 Å². The van der Waals surface area contributed by atoms with Gasteiger partial charge in [-0.15, -0.1) is 0 Å². The summed E-state index contributed by atoms with van der Waals surface area (Å²) >= 11 is 0. The van der Waals surface area contributed by atoms with Gasteiger partial charge in [-0.25, -0.2) is 13.9 Å². The molecule has 0 spiro atoms. The van der Waals surface area contributed by atoms with E-state index in [2.05, 4.69) is 5.32 Å². The number of hydrogen-bond donors (Lipinski definition) is 8. The van der Waals surface area contributed by atoms with Crippen LogP contribution in [-0.2, 0) is 50.5 Å². The SMILES string of the molecule is COP(=O)(OCC1OC(n2ccc(=O)[nH]c2=O)C(O)C1O)OP(=O)(OC)O[C@H]1OC(CO)[C@@H](O)[C@H](O)C1NC(=O)CCCOCCCO. The molecular formula is C24H41N3O19P2. The van der Waals surface area contributed by atoms with E-state index in [1.807, 2.05) is 4.98 Å². The van der Waals surface area contributed by atoms with E-state index in [4.69, 9.17) is 41.7 Å². The molecule has 22 nitrogen and oxygen atoms in total. The third kappa shape index (κ3) is 10.5. The van der Waals surface area contributed by atoms with E-state index in [-0.39, 0.29) is 32.7 Å². The maximum atomic E-state index is 13.5. The van der Waals surface area contributed by atoms with Gasteiger partial charge in [0.15, 0.2) is 12.5 Å². The Bertz CT molecular complexity index is 1390. The summed E-state index contributed by atoms with van der Waals surface area (Å²) in [6.07, 6.45) is -12.0. The summed E-state index contributed by atoms with van der Waals surface area (Å²) in [5, 5.41) is 62.7. The van der Waals surface area contributed by atoms with E-state index in [0.29, 0.717) is 6.42 Å². The van der Waals surface area contributed by atoms with Gasteiger partial charge in [0.2, 0.25) is 5.91 Å². The highest BCUT2D eigenvalue weighted by Crippen LogP contribution is 2.66. The molecule has 11 atom stereocenters. The molecule has 24 heteroatoms. The average molecular weight is 738 g/mol. The highest BCUT2D eigenvalue weighted by Gasteiger charge is 2.51. The van der Waals surface area contributed by atoms with Crippen LogP contribution in [0.2, 0.25) is 0 Å². The Hall–Kier alpha value is -1.95. The van der Waals surface area contributed by atoms with E-state index in [0.717, 1.165) is 31.0 Å². The summed E-state index contributed by atoms with van der Waals surface area (Å²) in [4.78, 5) is 38.1. The second-order valence-corrected chi connectivity index (χ2v) is 14.0. The van der Waals surface area contributed by atoms with Crippen molar-refractivity contribution in [3.63, 3.8) is 0 Å². The molecule has 8 N–H and O–H groups in total. The number of aromatic amines is 1. The molecule has 0 radical (unpaired) electrons. The van der Waals surface area contributed by atoms with Crippen molar-refractivity contribution in [2.45, 2.75) is 74.4 Å². The Labute approximate surface area is 272 Å². The van der Waals surface area contributed by atoms with Crippen LogP contribution >= 0.6 is 15.6 Å². The van der Waals surface area contributed by atoms with Crippen LogP contribution in [0.4, 0.5) is 0 Å². The molecule has 2 saturated heterocycles. The Morgan fingerprint density at radius 2 is 1.62 bits per heavy atom. The van der Waals surface area contributed by atoms with Gasteiger partial charge in [-0.2, -0.15) is 4.31 Å². The number of phosphoric acid groups is 2. The summed E-state index contributed by atoms with van der Waals surface area (Å²) in [5.41, 5.74) is -1.69. The van der Waals surface area contributed by atoms with Crippen LogP contribution in [0.3, 0.4) is 0 Å². The number of H-pyrrole nitrogens is 1. The lowest BCUT2D eigenvalue weighted by Gasteiger charge is -2.42. The zero-order chi connectivity index (χ0) is 35.6. The first-order valence-corrected chi connectivity index (χ1v) is 17.4. The highest BCUT2D eigenvalue weighted by atomic mass is 31.3. The second-order valence-electron chi connectivity index (χ2n) is 10.4. The van der Waals surface area contributed by atoms with Crippen LogP contribution < -0.4 is 16.6 Å². The van der Waals surface area contributed by atoms with Crippen molar-refractivity contribution in [3.05, 3.63) is 33.1 Å². The molecule has 3 heterocycles. The van der Waals surface area contributed by atoms with Gasteiger partial charge in [-0.3, -0.25) is 37.2 Å². The average Bonchev–Trinajstić information content (AvgIpc) is 3.33. The van der Waals surface area contributed by atoms with Crippen LogP contribution in [-0.4, -0.2) is 142 Å². The summed E-state index contributed by atoms with van der Waals surface area (Å²) in [7, 11) is -8.45. The summed E-state index contributed by atoms with van der Waals surface area (Å²) in [6, 6.07) is -0.674.